The largest absolute Gasteiger partial charge is 0.454 e. The summed E-state index contributed by atoms with van der Waals surface area (Å²) in [5, 5.41) is 5.93. The Hall–Kier alpha value is -3.55. The highest BCUT2D eigenvalue weighted by atomic mass is 16.7. The molecule has 8 nitrogen and oxygen atoms in total. The number of aryl methyl sites for hydroxylation is 1. The first kappa shape index (κ1) is 24.6. The number of carbonyl (C=O) groups is 3. The number of carbonyl (C=O) groups excluding carboxylic acids is 3. The number of nitrogens with one attached hydrogen (secondary N) is 2. The van der Waals surface area contributed by atoms with Crippen LogP contribution >= 0.6 is 0 Å². The van der Waals surface area contributed by atoms with E-state index in [1.807, 2.05) is 32.9 Å². The van der Waals surface area contributed by atoms with Gasteiger partial charge in [0.2, 0.25) is 12.7 Å². The molecule has 1 saturated heterocycles. The maximum Gasteiger partial charge on any atom is 0.253 e. The smallest absolute Gasteiger partial charge is 0.253 e. The molecule has 2 aromatic carbocycles. The second kappa shape index (κ2) is 10.8. The molecular weight excluding hydrogens is 446 g/mol. The minimum absolute atomic E-state index is 0.0719. The zero-order chi connectivity index (χ0) is 24.9. The number of fused-ring (bicyclic) bond motifs is 1. The van der Waals surface area contributed by atoms with Gasteiger partial charge in [-0.25, -0.2) is 0 Å². The number of likely N-dealkylation sites (tertiary alicyclic amines) is 1. The first-order valence-corrected chi connectivity index (χ1v) is 12.2. The van der Waals surface area contributed by atoms with Gasteiger partial charge in [-0.2, -0.15) is 0 Å². The van der Waals surface area contributed by atoms with Crippen LogP contribution in [0.15, 0.2) is 42.5 Å². The van der Waals surface area contributed by atoms with Crippen LogP contribution in [-0.2, 0) is 4.79 Å². The highest BCUT2D eigenvalue weighted by Crippen LogP contribution is 2.33. The first-order chi connectivity index (χ1) is 16.8. The maximum absolute atomic E-state index is 13.1. The highest BCUT2D eigenvalue weighted by molar-refractivity contribution is 5.98. The van der Waals surface area contributed by atoms with Crippen LogP contribution in [0.25, 0.3) is 0 Å². The van der Waals surface area contributed by atoms with E-state index < -0.39 is 6.04 Å². The summed E-state index contributed by atoms with van der Waals surface area (Å²) < 4.78 is 10.7. The normalized spacial score (nSPS) is 16.2. The van der Waals surface area contributed by atoms with Gasteiger partial charge < -0.3 is 25.0 Å². The molecule has 2 aliphatic rings. The Morgan fingerprint density at radius 1 is 0.971 bits per heavy atom. The SMILES string of the molecule is Cc1ccc(C(=O)N[C@H](C(=O)NCC(C)C)C2CCN(C(=O)c3ccc4c(c3)OCO4)CC2)cc1. The summed E-state index contributed by atoms with van der Waals surface area (Å²) in [6.07, 6.45) is 1.23. The van der Waals surface area contributed by atoms with E-state index in [4.69, 9.17) is 9.47 Å². The molecule has 0 unspecified atom stereocenters. The molecule has 0 bridgehead atoms. The molecule has 2 N–H and O–H groups in total. The molecule has 0 spiro atoms. The van der Waals surface area contributed by atoms with Crippen LogP contribution in [-0.4, -0.2) is 55.1 Å². The van der Waals surface area contributed by atoms with Crippen molar-refractivity contribution < 1.29 is 23.9 Å². The van der Waals surface area contributed by atoms with E-state index in [0.717, 1.165) is 5.56 Å². The van der Waals surface area contributed by atoms with E-state index in [0.29, 0.717) is 61.0 Å². The van der Waals surface area contributed by atoms with E-state index in [2.05, 4.69) is 10.6 Å². The predicted octanol–water partition coefficient (Wildman–Crippen LogP) is 3.15. The number of nitrogens with zero attached hydrogens (tertiary/aromatic N) is 1. The number of piperidine rings is 1. The Morgan fingerprint density at radius 3 is 2.31 bits per heavy atom. The molecule has 186 valence electrons. The Labute approximate surface area is 206 Å². The van der Waals surface area contributed by atoms with Crippen molar-refractivity contribution >= 4 is 17.7 Å². The first-order valence-electron chi connectivity index (χ1n) is 12.2. The van der Waals surface area contributed by atoms with E-state index in [9.17, 15) is 14.4 Å². The predicted molar refractivity (Wildman–Crippen MR) is 131 cm³/mol. The van der Waals surface area contributed by atoms with Crippen LogP contribution in [0.1, 0.15) is 53.0 Å². The van der Waals surface area contributed by atoms with Gasteiger partial charge in [-0.05, 0) is 61.9 Å². The summed E-state index contributed by atoms with van der Waals surface area (Å²) in [6.45, 7) is 7.73. The number of benzene rings is 2. The minimum Gasteiger partial charge on any atom is -0.454 e. The summed E-state index contributed by atoms with van der Waals surface area (Å²) in [7, 11) is 0. The average molecular weight is 480 g/mol. The highest BCUT2D eigenvalue weighted by Gasteiger charge is 2.34. The molecule has 2 heterocycles. The lowest BCUT2D eigenvalue weighted by Crippen LogP contribution is -2.54. The Bertz CT molecular complexity index is 1070. The molecule has 0 aromatic heterocycles. The standard InChI is InChI=1S/C27H33N3O5/c1-17(2)15-28-26(32)24(29-25(31)20-6-4-18(3)5-7-20)19-10-12-30(13-11-19)27(33)21-8-9-22-23(14-21)35-16-34-22/h4-9,14,17,19,24H,10-13,15-16H2,1-3H3,(H,28,32)(H,29,31)/t24-/m0/s1. The van der Waals surface area contributed by atoms with Gasteiger partial charge in [0, 0.05) is 30.8 Å². The lowest BCUT2D eigenvalue weighted by molar-refractivity contribution is -0.124. The average Bonchev–Trinajstić information content (AvgIpc) is 3.34. The maximum atomic E-state index is 13.1. The Kier molecular flexibility index (Phi) is 7.58. The monoisotopic (exact) mass is 479 g/mol. The molecule has 0 radical (unpaired) electrons. The molecule has 2 aromatic rings. The van der Waals surface area contributed by atoms with Crippen molar-refractivity contribution in [2.75, 3.05) is 26.4 Å². The van der Waals surface area contributed by atoms with Crippen molar-refractivity contribution in [1.82, 2.24) is 15.5 Å². The second-order valence-electron chi connectivity index (χ2n) is 9.65. The van der Waals surface area contributed by atoms with Crippen LogP contribution in [0.4, 0.5) is 0 Å². The van der Waals surface area contributed by atoms with Crippen molar-refractivity contribution in [3.8, 4) is 11.5 Å². The third-order valence-corrected chi connectivity index (χ3v) is 6.49. The van der Waals surface area contributed by atoms with Crippen LogP contribution in [0.3, 0.4) is 0 Å². The topological polar surface area (TPSA) is 97.0 Å². The molecule has 35 heavy (non-hydrogen) atoms. The zero-order valence-electron chi connectivity index (χ0n) is 20.5. The van der Waals surface area contributed by atoms with Crippen molar-refractivity contribution in [2.24, 2.45) is 11.8 Å². The van der Waals surface area contributed by atoms with Gasteiger partial charge in [0.25, 0.3) is 11.8 Å². The van der Waals surface area contributed by atoms with Crippen LogP contribution in [0.2, 0.25) is 0 Å². The number of amides is 3. The second-order valence-corrected chi connectivity index (χ2v) is 9.65. The summed E-state index contributed by atoms with van der Waals surface area (Å²) in [6, 6.07) is 11.8. The molecule has 1 fully saturated rings. The number of rotatable bonds is 7. The van der Waals surface area contributed by atoms with Gasteiger partial charge >= 0.3 is 0 Å². The van der Waals surface area contributed by atoms with Crippen LogP contribution in [0.5, 0.6) is 11.5 Å². The van der Waals surface area contributed by atoms with Crippen molar-refractivity contribution in [2.45, 2.75) is 39.7 Å². The van der Waals surface area contributed by atoms with E-state index >= 15 is 0 Å². The molecule has 0 aliphatic carbocycles. The van der Waals surface area contributed by atoms with Gasteiger partial charge in [0.05, 0.1) is 0 Å². The number of hydrogen-bond donors (Lipinski definition) is 2. The van der Waals surface area contributed by atoms with E-state index in [1.54, 1.807) is 35.2 Å². The summed E-state index contributed by atoms with van der Waals surface area (Å²) in [5.41, 5.74) is 2.13. The lowest BCUT2D eigenvalue weighted by atomic mass is 9.88. The fraction of sp³-hybridized carbons (Fsp3) is 0.444. The molecule has 8 heteroatoms. The van der Waals surface area contributed by atoms with Gasteiger partial charge in [0.15, 0.2) is 11.5 Å². The van der Waals surface area contributed by atoms with Crippen molar-refractivity contribution in [3.63, 3.8) is 0 Å². The molecule has 1 atom stereocenters. The Balaban J connectivity index is 1.42. The van der Waals surface area contributed by atoms with E-state index in [-0.39, 0.29) is 30.4 Å². The molecule has 4 rings (SSSR count). The third-order valence-electron chi connectivity index (χ3n) is 6.49. The van der Waals surface area contributed by atoms with Gasteiger partial charge in [0.1, 0.15) is 6.04 Å². The quantitative estimate of drug-likeness (QED) is 0.636. The molecule has 2 aliphatic heterocycles. The number of hydrogen-bond acceptors (Lipinski definition) is 5. The summed E-state index contributed by atoms with van der Waals surface area (Å²) in [5.74, 6) is 0.914. The van der Waals surface area contributed by atoms with Crippen molar-refractivity contribution in [1.29, 1.82) is 0 Å². The van der Waals surface area contributed by atoms with Gasteiger partial charge in [-0.15, -0.1) is 0 Å². The minimum atomic E-state index is -0.662. The summed E-state index contributed by atoms with van der Waals surface area (Å²) in [4.78, 5) is 40.9. The zero-order valence-corrected chi connectivity index (χ0v) is 20.5. The fourth-order valence-corrected chi connectivity index (χ4v) is 4.39. The molecular formula is C27H33N3O5. The Morgan fingerprint density at radius 2 is 1.63 bits per heavy atom. The number of ether oxygens (including phenoxy) is 2. The fourth-order valence-electron chi connectivity index (χ4n) is 4.39. The third kappa shape index (κ3) is 5.93. The lowest BCUT2D eigenvalue weighted by Gasteiger charge is -2.36. The van der Waals surface area contributed by atoms with Crippen LogP contribution in [0, 0.1) is 18.8 Å². The van der Waals surface area contributed by atoms with Crippen LogP contribution < -0.4 is 20.1 Å². The van der Waals surface area contributed by atoms with Gasteiger partial charge in [-0.1, -0.05) is 31.5 Å². The molecule has 3 amide bonds. The van der Waals surface area contributed by atoms with Crippen molar-refractivity contribution in [3.05, 3.63) is 59.2 Å². The van der Waals surface area contributed by atoms with E-state index in [1.165, 1.54) is 0 Å². The summed E-state index contributed by atoms with van der Waals surface area (Å²) >= 11 is 0. The van der Waals surface area contributed by atoms with Gasteiger partial charge in [-0.3, -0.25) is 14.4 Å². The molecule has 0 saturated carbocycles.